The van der Waals surface area contributed by atoms with Crippen molar-refractivity contribution in [2.75, 3.05) is 14.2 Å². The number of aromatic carboxylic acids is 1. The Hall–Kier alpha value is -6.76. The molecule has 0 aliphatic rings. The van der Waals surface area contributed by atoms with E-state index < -0.39 is 90.6 Å². The smallest absolute Gasteiger partial charge is 0.339 e. The molecule has 7 N–H and O–H groups in total. The Labute approximate surface area is 326 Å². The van der Waals surface area contributed by atoms with Gasteiger partial charge in [-0.15, -0.1) is 20.5 Å². The highest BCUT2D eigenvalue weighted by molar-refractivity contribution is 7.86. The number of carbonyl (C=O) groups is 1. The number of ether oxygens (including phenoxy) is 2. The molecule has 0 saturated carbocycles. The number of aromatic hydroxyl groups is 3. The van der Waals surface area contributed by atoms with Crippen LogP contribution in [0.1, 0.15) is 10.4 Å². The Bertz CT molecular complexity index is 3130. The number of azo groups is 2. The summed E-state index contributed by atoms with van der Waals surface area (Å²) in [6.45, 7) is 0. The van der Waals surface area contributed by atoms with E-state index in [0.717, 1.165) is 36.4 Å². The van der Waals surface area contributed by atoms with Crippen LogP contribution in [0.4, 0.5) is 22.7 Å². The summed E-state index contributed by atoms with van der Waals surface area (Å²) < 4.78 is 112. The molecule has 0 saturated heterocycles. The fraction of sp³-hybridized carbons (Fsp3) is 0.0571. The van der Waals surface area contributed by atoms with Crippen molar-refractivity contribution in [3.05, 3.63) is 84.4 Å². The van der Waals surface area contributed by atoms with E-state index in [-0.39, 0.29) is 39.0 Å². The summed E-state index contributed by atoms with van der Waals surface area (Å²) in [7, 11) is -12.2. The Balaban J connectivity index is 1.38. The third-order valence-electron chi connectivity index (χ3n) is 8.50. The maximum Gasteiger partial charge on any atom is 0.339 e. The van der Waals surface area contributed by atoms with Crippen LogP contribution < -0.4 is 9.47 Å². The van der Waals surface area contributed by atoms with Crippen LogP contribution in [0.5, 0.6) is 28.7 Å². The van der Waals surface area contributed by atoms with Gasteiger partial charge in [0.1, 0.15) is 61.1 Å². The molecule has 300 valence electrons. The number of hydrogen-bond acceptors (Lipinski definition) is 16. The van der Waals surface area contributed by atoms with Crippen LogP contribution in [0.3, 0.4) is 0 Å². The first-order chi connectivity index (χ1) is 27.1. The molecule has 23 heteroatoms. The minimum Gasteiger partial charge on any atom is -0.506 e. The molecule has 0 unspecified atom stereocenters. The second-order valence-corrected chi connectivity index (χ2v) is 16.2. The molecular weight excluding hydrogens is 829 g/mol. The van der Waals surface area contributed by atoms with Gasteiger partial charge >= 0.3 is 5.97 Å². The van der Waals surface area contributed by atoms with E-state index in [1.54, 1.807) is 12.1 Å². The minimum atomic E-state index is -5.06. The second kappa shape index (κ2) is 15.0. The number of hydrogen-bond donors (Lipinski definition) is 7. The summed E-state index contributed by atoms with van der Waals surface area (Å²) in [5, 5.41) is 56.8. The Kier molecular flexibility index (Phi) is 10.5. The molecule has 0 bridgehead atoms. The number of rotatable bonds is 11. The maximum atomic E-state index is 12.1. The van der Waals surface area contributed by atoms with Crippen molar-refractivity contribution in [2.24, 2.45) is 20.5 Å². The topological polar surface area (TPSA) is 329 Å². The van der Waals surface area contributed by atoms with Gasteiger partial charge in [-0.3, -0.25) is 13.7 Å². The molecule has 0 aromatic heterocycles. The number of nitrogens with zero attached hydrogens (tertiary/aromatic N) is 4. The Morgan fingerprint density at radius 3 is 1.60 bits per heavy atom. The number of benzene rings is 6. The number of phenolic OH excluding ortho intramolecular Hbond substituents is 2. The van der Waals surface area contributed by atoms with Gasteiger partial charge in [0.25, 0.3) is 30.4 Å². The monoisotopic (exact) mass is 854 g/mol. The summed E-state index contributed by atoms with van der Waals surface area (Å²) in [4.78, 5) is 9.32. The molecule has 6 rings (SSSR count). The molecule has 20 nitrogen and oxygen atoms in total. The van der Waals surface area contributed by atoms with Crippen LogP contribution in [0, 0.1) is 0 Å². The normalized spacial score (nSPS) is 12.5. The molecule has 6 aromatic rings. The van der Waals surface area contributed by atoms with Gasteiger partial charge in [0.05, 0.1) is 24.5 Å². The molecule has 58 heavy (non-hydrogen) atoms. The van der Waals surface area contributed by atoms with Crippen LogP contribution in [-0.2, 0) is 30.4 Å². The third-order valence-corrected chi connectivity index (χ3v) is 11.1. The van der Waals surface area contributed by atoms with E-state index in [1.165, 1.54) is 38.5 Å². The van der Waals surface area contributed by atoms with Crippen LogP contribution in [0.15, 0.2) is 114 Å². The molecule has 0 heterocycles. The van der Waals surface area contributed by atoms with Gasteiger partial charge in [0.2, 0.25) is 0 Å². The largest absolute Gasteiger partial charge is 0.506 e. The van der Waals surface area contributed by atoms with Crippen LogP contribution >= 0.6 is 0 Å². The maximum absolute atomic E-state index is 12.1. The predicted molar refractivity (Wildman–Crippen MR) is 203 cm³/mol. The van der Waals surface area contributed by atoms with Crippen LogP contribution in [0.25, 0.3) is 32.7 Å². The Morgan fingerprint density at radius 1 is 0.569 bits per heavy atom. The molecule has 0 aliphatic heterocycles. The molecule has 0 amide bonds. The lowest BCUT2D eigenvalue weighted by atomic mass is 10.0. The number of phenols is 3. The second-order valence-electron chi connectivity index (χ2n) is 12.0. The van der Waals surface area contributed by atoms with E-state index in [1.807, 2.05) is 0 Å². The minimum absolute atomic E-state index is 0.00121. The molecule has 0 aliphatic carbocycles. The molecule has 0 fully saturated rings. The molecule has 6 aromatic carbocycles. The van der Waals surface area contributed by atoms with E-state index in [4.69, 9.17) is 9.47 Å². The van der Waals surface area contributed by atoms with E-state index >= 15 is 0 Å². The zero-order valence-corrected chi connectivity index (χ0v) is 31.8. The lowest BCUT2D eigenvalue weighted by Crippen LogP contribution is -2.04. The van der Waals surface area contributed by atoms with Crippen molar-refractivity contribution in [1.29, 1.82) is 0 Å². The molecule has 0 spiro atoms. The zero-order chi connectivity index (χ0) is 42.5. The van der Waals surface area contributed by atoms with Crippen molar-refractivity contribution < 1.29 is 73.6 Å². The number of fused-ring (bicyclic) bond motifs is 2. The lowest BCUT2D eigenvalue weighted by molar-refractivity contribution is 0.0693. The SMILES string of the molecule is COc1cc(-c2ccc(N=Nc3c(O)ccc4c(S(=O)(=O)O)cc(C(=O)O)c(O)c34)c(OC)c2)ccc1N=Nc1c(O)c(S(=O)(=O)O)cc2cc(S(=O)(=O)O)ccc12. The van der Waals surface area contributed by atoms with Gasteiger partial charge in [-0.2, -0.15) is 25.3 Å². The first kappa shape index (κ1) is 40.9. The first-order valence-electron chi connectivity index (χ1n) is 15.8. The lowest BCUT2D eigenvalue weighted by Gasteiger charge is -2.12. The summed E-state index contributed by atoms with van der Waals surface area (Å²) in [6.07, 6.45) is 0. The van der Waals surface area contributed by atoms with Crippen molar-refractivity contribution in [3.63, 3.8) is 0 Å². The number of carboxylic acids is 1. The third kappa shape index (κ3) is 7.80. The van der Waals surface area contributed by atoms with E-state index in [9.17, 15) is 64.1 Å². The van der Waals surface area contributed by atoms with Gasteiger partial charge in [0.15, 0.2) is 5.75 Å². The molecular formula is C35H26N4O16S3. The molecule has 0 radical (unpaired) electrons. The fourth-order valence-electron chi connectivity index (χ4n) is 5.79. The average Bonchev–Trinajstić information content (AvgIpc) is 3.15. The van der Waals surface area contributed by atoms with Crippen LogP contribution in [0.2, 0.25) is 0 Å². The quantitative estimate of drug-likeness (QED) is 0.0506. The summed E-state index contributed by atoms with van der Waals surface area (Å²) in [5.74, 6) is -4.10. The highest BCUT2D eigenvalue weighted by atomic mass is 32.2. The summed E-state index contributed by atoms with van der Waals surface area (Å²) in [6, 6.07) is 15.5. The first-order valence-corrected chi connectivity index (χ1v) is 20.1. The van der Waals surface area contributed by atoms with Gasteiger partial charge in [0, 0.05) is 10.8 Å². The zero-order valence-electron chi connectivity index (χ0n) is 29.3. The Morgan fingerprint density at radius 2 is 1.10 bits per heavy atom. The standard InChI is InChI=1S/C35H26N4O16S3/c1-54-26-12-16(3-8-23(26)36-38-31-20-6-5-19(56(45,46)47)11-18(20)14-29(34(31)42)58(51,52)53)17-4-9-24(27(13-17)55-2)37-39-32-25(40)10-7-21-28(57(48,49)50)15-22(35(43)44)33(41)30(21)32/h3-15,40-42H,1-2H3,(H,43,44)(H,45,46,47)(H,48,49,50)(H,51,52,53). The number of carboxylic acid groups (broad SMARTS) is 1. The van der Waals surface area contributed by atoms with Gasteiger partial charge in [-0.05, 0) is 77.2 Å². The van der Waals surface area contributed by atoms with Crippen molar-refractivity contribution in [1.82, 2.24) is 0 Å². The van der Waals surface area contributed by atoms with Gasteiger partial charge < -0.3 is 29.9 Å². The van der Waals surface area contributed by atoms with Crippen molar-refractivity contribution in [3.8, 4) is 39.9 Å². The predicted octanol–water partition coefficient (Wildman–Crippen LogP) is 7.06. The summed E-state index contributed by atoms with van der Waals surface area (Å²) in [5.41, 5.74) is -0.782. The van der Waals surface area contributed by atoms with E-state index in [0.29, 0.717) is 17.2 Å². The van der Waals surface area contributed by atoms with Crippen LogP contribution in [-0.4, -0.2) is 79.5 Å². The molecule has 0 atom stereocenters. The van der Waals surface area contributed by atoms with Crippen molar-refractivity contribution in [2.45, 2.75) is 14.7 Å². The average molecular weight is 855 g/mol. The fourth-order valence-corrected chi connectivity index (χ4v) is 7.64. The van der Waals surface area contributed by atoms with Gasteiger partial charge in [-0.1, -0.05) is 18.2 Å². The van der Waals surface area contributed by atoms with Crippen molar-refractivity contribution >= 4 is 80.6 Å². The number of methoxy groups -OCH3 is 2. The highest BCUT2D eigenvalue weighted by Crippen LogP contribution is 2.46. The summed E-state index contributed by atoms with van der Waals surface area (Å²) >= 11 is 0. The van der Waals surface area contributed by atoms with E-state index in [2.05, 4.69) is 20.5 Å². The highest BCUT2D eigenvalue weighted by Gasteiger charge is 2.26. The van der Waals surface area contributed by atoms with Gasteiger partial charge in [-0.25, -0.2) is 4.79 Å².